The molecule has 5 rings (SSSR count). The molecule has 176 valence electrons. The van der Waals surface area contributed by atoms with Crippen LogP contribution in [-0.2, 0) is 14.7 Å². The minimum Gasteiger partial charge on any atom is -0.456 e. The van der Waals surface area contributed by atoms with Gasteiger partial charge in [-0.2, -0.15) is 0 Å². The smallest absolute Gasteiger partial charge is 0.222 e. The molecule has 3 aromatic carbocycles. The Labute approximate surface area is 210 Å². The molecular formula is C29H27N2O2PS. The van der Waals surface area contributed by atoms with Crippen LogP contribution < -0.4 is 5.09 Å². The van der Waals surface area contributed by atoms with Crippen LogP contribution in [-0.4, -0.2) is 4.98 Å². The lowest BCUT2D eigenvalue weighted by atomic mass is 9.86. The van der Waals surface area contributed by atoms with Gasteiger partial charge in [-0.05, 0) is 11.0 Å². The first-order valence-electron chi connectivity index (χ1n) is 11.5. The summed E-state index contributed by atoms with van der Waals surface area (Å²) >= 11 is 1.45. The monoisotopic (exact) mass is 498 g/mol. The fourth-order valence-corrected chi connectivity index (χ4v) is 6.70. The molecule has 35 heavy (non-hydrogen) atoms. The van der Waals surface area contributed by atoms with Crippen molar-refractivity contribution >= 4 is 35.3 Å². The maximum Gasteiger partial charge on any atom is 0.222 e. The van der Waals surface area contributed by atoms with Gasteiger partial charge in [0.25, 0.3) is 0 Å². The number of hydrogen-bond donors (Lipinski definition) is 1. The van der Waals surface area contributed by atoms with Gasteiger partial charge in [0, 0.05) is 33.7 Å². The highest BCUT2D eigenvalue weighted by Gasteiger charge is 2.28. The van der Waals surface area contributed by atoms with Gasteiger partial charge in [0.1, 0.15) is 11.5 Å². The van der Waals surface area contributed by atoms with Gasteiger partial charge >= 0.3 is 0 Å². The molecule has 0 bridgehead atoms. The predicted octanol–water partition coefficient (Wildman–Crippen LogP) is 8.83. The van der Waals surface area contributed by atoms with E-state index in [9.17, 15) is 4.57 Å². The molecule has 2 heterocycles. The lowest BCUT2D eigenvalue weighted by Gasteiger charge is -2.23. The van der Waals surface area contributed by atoms with E-state index < -0.39 is 7.29 Å². The van der Waals surface area contributed by atoms with Gasteiger partial charge in [0.2, 0.25) is 7.29 Å². The van der Waals surface area contributed by atoms with Crippen LogP contribution in [0.25, 0.3) is 22.8 Å². The van der Waals surface area contributed by atoms with E-state index in [1.54, 1.807) is 11.6 Å². The molecule has 6 heteroatoms. The third-order valence-corrected chi connectivity index (χ3v) is 8.48. The Balaban J connectivity index is 1.46. The summed E-state index contributed by atoms with van der Waals surface area (Å²) in [5, 5.41) is 5.81. The van der Waals surface area contributed by atoms with Gasteiger partial charge in [-0.3, -0.25) is 4.57 Å². The normalized spacial score (nSPS) is 15.1. The molecule has 0 spiro atoms. The molecule has 4 aromatic rings. The first-order chi connectivity index (χ1) is 16.8. The molecule has 1 aliphatic rings. The van der Waals surface area contributed by atoms with Crippen LogP contribution in [0.15, 0.2) is 102 Å². The van der Waals surface area contributed by atoms with Gasteiger partial charge < -0.3 is 9.82 Å². The van der Waals surface area contributed by atoms with E-state index in [0.29, 0.717) is 16.6 Å². The van der Waals surface area contributed by atoms with Gasteiger partial charge in [0.15, 0.2) is 5.13 Å². The zero-order valence-electron chi connectivity index (χ0n) is 19.9. The molecule has 1 aromatic heterocycles. The molecule has 0 radical (unpaired) electrons. The van der Waals surface area contributed by atoms with E-state index in [4.69, 9.17) is 9.72 Å². The van der Waals surface area contributed by atoms with Crippen molar-refractivity contribution in [1.29, 1.82) is 0 Å². The molecule has 0 aliphatic carbocycles. The maximum atomic E-state index is 14.1. The minimum absolute atomic E-state index is 0.0986. The van der Waals surface area contributed by atoms with E-state index in [0.717, 1.165) is 22.4 Å². The molecule has 1 N–H and O–H groups in total. The third kappa shape index (κ3) is 5.32. The summed E-state index contributed by atoms with van der Waals surface area (Å²) in [5.41, 5.74) is 5.01. The lowest BCUT2D eigenvalue weighted by Crippen LogP contribution is -2.10. The summed E-state index contributed by atoms with van der Waals surface area (Å²) in [4.78, 5) is 4.74. The highest BCUT2D eigenvalue weighted by Crippen LogP contribution is 2.56. The number of nitrogens with zero attached hydrogens (tertiary/aromatic N) is 1. The zero-order chi connectivity index (χ0) is 24.5. The van der Waals surface area contributed by atoms with Crippen molar-refractivity contribution < 1.29 is 9.30 Å². The third-order valence-electron chi connectivity index (χ3n) is 5.78. The summed E-state index contributed by atoms with van der Waals surface area (Å²) in [6.07, 6.45) is 0. The van der Waals surface area contributed by atoms with Crippen molar-refractivity contribution in [2.24, 2.45) is 0 Å². The van der Waals surface area contributed by atoms with E-state index in [1.165, 1.54) is 16.9 Å². The van der Waals surface area contributed by atoms with Crippen LogP contribution in [0.4, 0.5) is 5.13 Å². The van der Waals surface area contributed by atoms with Gasteiger partial charge in [-0.15, -0.1) is 11.3 Å². The second kappa shape index (κ2) is 9.33. The first kappa shape index (κ1) is 23.3. The summed E-state index contributed by atoms with van der Waals surface area (Å²) in [6, 6.07) is 27.9. The molecule has 1 aliphatic heterocycles. The zero-order valence-corrected chi connectivity index (χ0v) is 21.6. The summed E-state index contributed by atoms with van der Waals surface area (Å²) in [5.74, 6) is 4.51. The van der Waals surface area contributed by atoms with Crippen molar-refractivity contribution in [1.82, 2.24) is 4.98 Å². The Kier molecular flexibility index (Phi) is 6.22. The predicted molar refractivity (Wildman–Crippen MR) is 147 cm³/mol. The SMILES string of the molecule is CC(C)(C)c1ccc(-c2csc(NP3(=O)C=C(c4ccccc4)OC(c4ccccc4)=C3)n2)cc1. The number of benzene rings is 3. The van der Waals surface area contributed by atoms with Crippen molar-refractivity contribution in [3.8, 4) is 11.3 Å². The molecule has 0 saturated carbocycles. The topological polar surface area (TPSA) is 51.2 Å². The van der Waals surface area contributed by atoms with Crippen molar-refractivity contribution in [2.45, 2.75) is 26.2 Å². The average Bonchev–Trinajstić information content (AvgIpc) is 3.32. The van der Waals surface area contributed by atoms with Crippen molar-refractivity contribution in [3.63, 3.8) is 0 Å². The number of hydrogen-bond acceptors (Lipinski definition) is 4. The molecule has 0 fully saturated rings. The Morgan fingerprint density at radius 1 is 0.771 bits per heavy atom. The first-order valence-corrected chi connectivity index (χ1v) is 14.2. The summed E-state index contributed by atoms with van der Waals surface area (Å²) < 4.78 is 20.3. The molecular weight excluding hydrogens is 471 g/mol. The quantitative estimate of drug-likeness (QED) is 0.279. The van der Waals surface area contributed by atoms with Crippen LogP contribution in [0.3, 0.4) is 0 Å². The van der Waals surface area contributed by atoms with Gasteiger partial charge in [0.05, 0.1) is 5.69 Å². The van der Waals surface area contributed by atoms with Crippen LogP contribution >= 0.6 is 18.6 Å². The van der Waals surface area contributed by atoms with Crippen molar-refractivity contribution in [2.75, 3.05) is 5.09 Å². The van der Waals surface area contributed by atoms with Crippen molar-refractivity contribution in [3.05, 3.63) is 119 Å². The van der Waals surface area contributed by atoms with E-state index in [1.807, 2.05) is 66.0 Å². The summed E-state index contributed by atoms with van der Waals surface area (Å²) in [7, 11) is -3.14. The highest BCUT2D eigenvalue weighted by molar-refractivity contribution is 7.72. The van der Waals surface area contributed by atoms with E-state index in [-0.39, 0.29) is 5.41 Å². The number of thiazole rings is 1. The Morgan fingerprint density at radius 3 is 1.83 bits per heavy atom. The fraction of sp³-hybridized carbons (Fsp3) is 0.138. The van der Waals surface area contributed by atoms with E-state index >= 15 is 0 Å². The number of ether oxygens (including phenoxy) is 1. The number of rotatable bonds is 5. The maximum absolute atomic E-state index is 14.1. The van der Waals surface area contributed by atoms with Gasteiger partial charge in [-0.25, -0.2) is 4.98 Å². The number of anilines is 1. The van der Waals surface area contributed by atoms with Crippen LogP contribution in [0.5, 0.6) is 0 Å². The molecule has 4 nitrogen and oxygen atoms in total. The number of aromatic nitrogens is 1. The van der Waals surface area contributed by atoms with Gasteiger partial charge in [-0.1, -0.05) is 106 Å². The van der Waals surface area contributed by atoms with E-state index in [2.05, 4.69) is 50.1 Å². The molecule has 0 saturated heterocycles. The largest absolute Gasteiger partial charge is 0.456 e. The molecule has 0 unspecified atom stereocenters. The summed E-state index contributed by atoms with van der Waals surface area (Å²) in [6.45, 7) is 6.60. The van der Waals surface area contributed by atoms with Crippen LogP contribution in [0, 0.1) is 0 Å². The van der Waals surface area contributed by atoms with Crippen LogP contribution in [0.1, 0.15) is 37.5 Å². The highest BCUT2D eigenvalue weighted by atomic mass is 32.1. The lowest BCUT2D eigenvalue weighted by molar-refractivity contribution is 0.469. The average molecular weight is 499 g/mol. The Bertz CT molecular complexity index is 1370. The fourth-order valence-electron chi connectivity index (χ4n) is 3.84. The molecule has 0 amide bonds. The Hall–Kier alpha value is -3.40. The Morgan fingerprint density at radius 2 is 1.31 bits per heavy atom. The number of nitrogens with one attached hydrogen (secondary N) is 1. The standard InChI is InChI=1S/C29H27N2O2PS/c1-29(2,3)24-16-14-21(15-17-24)25-20-35-28(30-25)31-34(32)18-26(22-10-6-4-7-11-22)33-27(19-34)23-12-8-5-9-13-23/h4-20H,1-3H3,(H,30,31,32). The second-order valence-electron chi connectivity index (χ2n) is 9.51. The molecule has 0 atom stereocenters. The van der Waals surface area contributed by atoms with Crippen LogP contribution in [0.2, 0.25) is 0 Å². The minimum atomic E-state index is -3.14. The second-order valence-corrected chi connectivity index (χ2v) is 12.5.